The molecule has 0 radical (unpaired) electrons. The molecule has 0 unspecified atom stereocenters. The molecular weight excluding hydrogens is 519 g/mol. The van der Waals surface area contributed by atoms with Crippen molar-refractivity contribution in [1.29, 1.82) is 0 Å². The summed E-state index contributed by atoms with van der Waals surface area (Å²) >= 11 is 8.12. The summed E-state index contributed by atoms with van der Waals surface area (Å²) in [6.45, 7) is 0. The van der Waals surface area contributed by atoms with Gasteiger partial charge in [-0.2, -0.15) is 0 Å². The minimum absolute atomic E-state index is 0.0899. The summed E-state index contributed by atoms with van der Waals surface area (Å²) in [6.07, 6.45) is 0. The van der Waals surface area contributed by atoms with E-state index >= 15 is 0 Å². The molecule has 1 aromatic heterocycles. The van der Waals surface area contributed by atoms with Crippen LogP contribution in [0.5, 0.6) is 0 Å². The van der Waals surface area contributed by atoms with Crippen LogP contribution < -0.4 is 16.1 Å². The summed E-state index contributed by atoms with van der Waals surface area (Å²) in [5, 5.41) is 9.99. The number of H-pyrrole nitrogens is 1. The number of aromatic amines is 1. The standard InChI is InChI=1S/C15H9ClF2IN3O4S/c16-8-3-6(19)1-2-9(8)21-15-7(10-5-12(23)26-22-10)4-11(27(20,24)25)13(17)14(15)18/h1-5,21-22H,(H2,20,24,25). The van der Waals surface area contributed by atoms with Crippen LogP contribution >= 0.6 is 34.2 Å². The fourth-order valence-electron chi connectivity index (χ4n) is 2.28. The monoisotopic (exact) mass is 527 g/mol. The lowest BCUT2D eigenvalue weighted by Gasteiger charge is -2.15. The van der Waals surface area contributed by atoms with Crippen molar-refractivity contribution >= 4 is 55.6 Å². The zero-order valence-corrected chi connectivity index (χ0v) is 16.7. The number of rotatable bonds is 4. The maximum absolute atomic E-state index is 14.7. The number of anilines is 2. The fraction of sp³-hybridized carbons (Fsp3) is 0. The molecule has 0 spiro atoms. The lowest BCUT2D eigenvalue weighted by molar-refractivity contribution is 0.393. The smallest absolute Gasteiger partial charge is 0.351 e. The number of hydrogen-bond acceptors (Lipinski definition) is 5. The number of aromatic nitrogens is 1. The van der Waals surface area contributed by atoms with Gasteiger partial charge in [-0.3, -0.25) is 0 Å². The second-order valence-electron chi connectivity index (χ2n) is 5.30. The van der Waals surface area contributed by atoms with Gasteiger partial charge >= 0.3 is 5.63 Å². The highest BCUT2D eigenvalue weighted by molar-refractivity contribution is 14.1. The maximum atomic E-state index is 14.7. The number of primary sulfonamides is 1. The van der Waals surface area contributed by atoms with Gasteiger partial charge in [0.25, 0.3) is 0 Å². The van der Waals surface area contributed by atoms with Gasteiger partial charge in [-0.25, -0.2) is 32.3 Å². The van der Waals surface area contributed by atoms with Crippen molar-refractivity contribution in [1.82, 2.24) is 5.16 Å². The molecule has 12 heteroatoms. The molecule has 4 N–H and O–H groups in total. The summed E-state index contributed by atoms with van der Waals surface area (Å²) in [7, 11) is -4.58. The zero-order chi connectivity index (χ0) is 19.9. The quantitative estimate of drug-likeness (QED) is 0.449. The SMILES string of the molecule is NS(=O)(=O)c1cc(-c2cc(=O)o[nH]2)c(Nc2ccc(I)cc2Cl)c(F)c1F. The Kier molecular flexibility index (Phi) is 5.29. The van der Waals surface area contributed by atoms with Crippen LogP contribution in [0.4, 0.5) is 20.2 Å². The first kappa shape index (κ1) is 19.8. The highest BCUT2D eigenvalue weighted by atomic mass is 127. The van der Waals surface area contributed by atoms with E-state index in [4.69, 9.17) is 16.7 Å². The van der Waals surface area contributed by atoms with E-state index in [-0.39, 0.29) is 22.0 Å². The van der Waals surface area contributed by atoms with E-state index in [0.717, 1.165) is 15.7 Å². The van der Waals surface area contributed by atoms with Crippen molar-refractivity contribution < 1.29 is 21.7 Å². The molecule has 7 nitrogen and oxygen atoms in total. The minimum atomic E-state index is -4.58. The van der Waals surface area contributed by atoms with E-state index in [2.05, 4.69) is 15.0 Å². The second kappa shape index (κ2) is 7.22. The van der Waals surface area contributed by atoms with E-state index in [9.17, 15) is 22.0 Å². The predicted molar refractivity (Wildman–Crippen MR) is 104 cm³/mol. The summed E-state index contributed by atoms with van der Waals surface area (Å²) in [5.41, 5.74) is -1.32. The van der Waals surface area contributed by atoms with Crippen LogP contribution in [-0.4, -0.2) is 13.6 Å². The van der Waals surface area contributed by atoms with Crippen LogP contribution in [0, 0.1) is 15.2 Å². The van der Waals surface area contributed by atoms with Gasteiger partial charge in [0.2, 0.25) is 10.0 Å². The number of benzene rings is 2. The molecule has 1 heterocycles. The van der Waals surface area contributed by atoms with Crippen LogP contribution in [0.1, 0.15) is 0 Å². The normalized spacial score (nSPS) is 11.6. The lowest BCUT2D eigenvalue weighted by atomic mass is 10.1. The molecule has 0 amide bonds. The third kappa shape index (κ3) is 4.00. The van der Waals surface area contributed by atoms with Crippen LogP contribution in [0.25, 0.3) is 11.3 Å². The predicted octanol–water partition coefficient (Wildman–Crippen LogP) is 3.56. The molecule has 0 saturated carbocycles. The Bertz CT molecular complexity index is 1210. The van der Waals surface area contributed by atoms with Crippen molar-refractivity contribution in [3.63, 3.8) is 0 Å². The molecule has 0 aliphatic heterocycles. The molecule has 3 rings (SSSR count). The third-order valence-corrected chi connectivity index (χ3v) is 5.38. The fourth-order valence-corrected chi connectivity index (χ4v) is 3.81. The van der Waals surface area contributed by atoms with Gasteiger partial charge in [0, 0.05) is 9.13 Å². The van der Waals surface area contributed by atoms with Crippen molar-refractivity contribution in [2.45, 2.75) is 4.90 Å². The van der Waals surface area contributed by atoms with Gasteiger partial charge in [0.05, 0.1) is 28.2 Å². The first-order valence-corrected chi connectivity index (χ1v) is 10.0. The molecule has 0 aliphatic carbocycles. The van der Waals surface area contributed by atoms with Crippen LogP contribution in [0.2, 0.25) is 5.02 Å². The average molecular weight is 528 g/mol. The van der Waals surface area contributed by atoms with Gasteiger partial charge in [-0.1, -0.05) is 11.6 Å². The number of halogens is 4. The lowest BCUT2D eigenvalue weighted by Crippen LogP contribution is -2.16. The molecule has 0 atom stereocenters. The van der Waals surface area contributed by atoms with Crippen LogP contribution in [0.15, 0.2) is 44.5 Å². The van der Waals surface area contributed by atoms with E-state index < -0.39 is 37.9 Å². The van der Waals surface area contributed by atoms with Crippen molar-refractivity contribution in [3.05, 3.63) is 61.0 Å². The van der Waals surface area contributed by atoms with Crippen molar-refractivity contribution in [2.75, 3.05) is 5.32 Å². The minimum Gasteiger partial charge on any atom is -0.351 e. The summed E-state index contributed by atoms with van der Waals surface area (Å²) in [4.78, 5) is 10.2. The number of hydrogen-bond donors (Lipinski definition) is 3. The largest absolute Gasteiger partial charge is 0.357 e. The first-order chi connectivity index (χ1) is 12.6. The molecule has 27 heavy (non-hydrogen) atoms. The summed E-state index contributed by atoms with van der Waals surface area (Å²) in [5.74, 6) is -3.19. The molecule has 0 aliphatic rings. The van der Waals surface area contributed by atoms with Gasteiger partial charge in [-0.15, -0.1) is 0 Å². The van der Waals surface area contributed by atoms with E-state index in [1.807, 2.05) is 22.6 Å². The Morgan fingerprint density at radius 3 is 2.44 bits per heavy atom. The summed E-state index contributed by atoms with van der Waals surface area (Å²) in [6, 6.07) is 6.51. The molecule has 142 valence electrons. The first-order valence-electron chi connectivity index (χ1n) is 7.03. The topological polar surface area (TPSA) is 118 Å². The highest BCUT2D eigenvalue weighted by Gasteiger charge is 2.26. The van der Waals surface area contributed by atoms with Gasteiger partial charge in [-0.05, 0) is 46.9 Å². The Morgan fingerprint density at radius 2 is 1.89 bits per heavy atom. The zero-order valence-electron chi connectivity index (χ0n) is 13.0. The number of nitrogens with two attached hydrogens (primary N) is 1. The second-order valence-corrected chi connectivity index (χ2v) is 8.48. The Morgan fingerprint density at radius 1 is 1.19 bits per heavy atom. The highest BCUT2D eigenvalue weighted by Crippen LogP contribution is 2.37. The van der Waals surface area contributed by atoms with E-state index in [1.165, 1.54) is 6.07 Å². The summed E-state index contributed by atoms with van der Waals surface area (Å²) < 4.78 is 57.5. The average Bonchev–Trinajstić information content (AvgIpc) is 2.99. The third-order valence-electron chi connectivity index (χ3n) is 3.48. The van der Waals surface area contributed by atoms with E-state index in [1.54, 1.807) is 12.1 Å². The van der Waals surface area contributed by atoms with Crippen LogP contribution in [0.3, 0.4) is 0 Å². The Hall–Kier alpha value is -1.96. The van der Waals surface area contributed by atoms with Gasteiger partial charge < -0.3 is 9.84 Å². The molecule has 0 saturated heterocycles. The molecule has 0 fully saturated rings. The van der Waals surface area contributed by atoms with Gasteiger partial charge in [0.1, 0.15) is 4.90 Å². The number of sulfonamides is 1. The molecule has 2 aromatic carbocycles. The van der Waals surface area contributed by atoms with Crippen molar-refractivity contribution in [2.24, 2.45) is 5.14 Å². The number of nitrogens with one attached hydrogen (secondary N) is 2. The molecule has 0 bridgehead atoms. The van der Waals surface area contributed by atoms with Gasteiger partial charge in [0.15, 0.2) is 11.6 Å². The van der Waals surface area contributed by atoms with Crippen LogP contribution in [-0.2, 0) is 10.0 Å². The molecule has 3 aromatic rings. The van der Waals surface area contributed by atoms with Crippen molar-refractivity contribution in [3.8, 4) is 11.3 Å². The Balaban J connectivity index is 2.28. The maximum Gasteiger partial charge on any atom is 0.357 e. The molecular formula is C15H9ClF2IN3O4S. The van der Waals surface area contributed by atoms with E-state index in [0.29, 0.717) is 0 Å². The Labute approximate surface area is 169 Å².